The Morgan fingerprint density at radius 1 is 1.21 bits per heavy atom. The number of carbonyl (C=O) groups excluding carboxylic acids is 2. The molecule has 9 heteroatoms. The van der Waals surface area contributed by atoms with Crippen molar-refractivity contribution in [3.63, 3.8) is 0 Å². The molecule has 1 N–H and O–H groups in total. The molecule has 29 heavy (non-hydrogen) atoms. The molecule has 1 aromatic heterocycles. The molecular weight excluding hydrogens is 372 g/mol. The summed E-state index contributed by atoms with van der Waals surface area (Å²) in [4.78, 5) is 26.1. The summed E-state index contributed by atoms with van der Waals surface area (Å²) in [5.41, 5.74) is 3.03. The van der Waals surface area contributed by atoms with Crippen molar-refractivity contribution in [1.82, 2.24) is 20.2 Å². The summed E-state index contributed by atoms with van der Waals surface area (Å²) < 4.78 is 6.98. The SMILES string of the molecule is COc1cc(NC(=O)Cc2ccc(-n3cnnn3)cc2)ccc1N1CCCC1=O. The molecule has 9 nitrogen and oxygen atoms in total. The molecule has 1 saturated heterocycles. The molecule has 1 fully saturated rings. The molecule has 148 valence electrons. The van der Waals surface area contributed by atoms with Crippen molar-refractivity contribution >= 4 is 23.2 Å². The molecule has 0 bridgehead atoms. The average molecular weight is 392 g/mol. The Balaban J connectivity index is 1.42. The molecule has 1 aliphatic heterocycles. The van der Waals surface area contributed by atoms with Crippen LogP contribution < -0.4 is 15.0 Å². The van der Waals surface area contributed by atoms with E-state index in [1.807, 2.05) is 24.3 Å². The van der Waals surface area contributed by atoms with E-state index < -0.39 is 0 Å². The Kier molecular flexibility index (Phi) is 5.19. The first-order chi connectivity index (χ1) is 14.1. The number of carbonyl (C=O) groups is 2. The van der Waals surface area contributed by atoms with Gasteiger partial charge in [0.1, 0.15) is 12.1 Å². The van der Waals surface area contributed by atoms with E-state index in [1.165, 1.54) is 6.33 Å². The second kappa shape index (κ2) is 8.09. The van der Waals surface area contributed by atoms with Crippen molar-refractivity contribution in [3.05, 3.63) is 54.4 Å². The van der Waals surface area contributed by atoms with E-state index in [2.05, 4.69) is 20.8 Å². The summed E-state index contributed by atoms with van der Waals surface area (Å²) in [6.07, 6.45) is 3.12. The fraction of sp³-hybridized carbons (Fsp3) is 0.250. The van der Waals surface area contributed by atoms with Crippen LogP contribution in [0.25, 0.3) is 5.69 Å². The molecule has 3 aromatic rings. The minimum Gasteiger partial charge on any atom is -0.494 e. The van der Waals surface area contributed by atoms with E-state index in [9.17, 15) is 9.59 Å². The lowest BCUT2D eigenvalue weighted by Crippen LogP contribution is -2.24. The molecule has 2 heterocycles. The molecule has 0 atom stereocenters. The summed E-state index contributed by atoms with van der Waals surface area (Å²) in [6, 6.07) is 12.7. The highest BCUT2D eigenvalue weighted by molar-refractivity contribution is 5.98. The normalized spacial score (nSPS) is 13.6. The molecule has 0 aliphatic carbocycles. The number of benzene rings is 2. The number of nitrogens with one attached hydrogen (secondary N) is 1. The van der Waals surface area contributed by atoms with E-state index >= 15 is 0 Å². The van der Waals surface area contributed by atoms with Crippen molar-refractivity contribution in [1.29, 1.82) is 0 Å². The predicted molar refractivity (Wildman–Crippen MR) is 106 cm³/mol. The maximum absolute atomic E-state index is 12.4. The number of tetrazole rings is 1. The van der Waals surface area contributed by atoms with Gasteiger partial charge in [0.15, 0.2) is 0 Å². The number of amides is 2. The number of anilines is 2. The van der Waals surface area contributed by atoms with Crippen LogP contribution in [0, 0.1) is 0 Å². The zero-order chi connectivity index (χ0) is 20.2. The Bertz CT molecular complexity index is 1020. The summed E-state index contributed by atoms with van der Waals surface area (Å²) in [7, 11) is 1.55. The van der Waals surface area contributed by atoms with Crippen LogP contribution in [0.2, 0.25) is 0 Å². The summed E-state index contributed by atoms with van der Waals surface area (Å²) in [5, 5.41) is 13.9. The predicted octanol–water partition coefficient (Wildman–Crippen LogP) is 1.98. The van der Waals surface area contributed by atoms with Gasteiger partial charge in [0, 0.05) is 24.7 Å². The van der Waals surface area contributed by atoms with Crippen LogP contribution in [0.3, 0.4) is 0 Å². The second-order valence-corrected chi connectivity index (χ2v) is 6.68. The molecule has 4 rings (SSSR count). The molecule has 0 saturated carbocycles. The van der Waals surface area contributed by atoms with E-state index in [0.717, 1.165) is 23.4 Å². The van der Waals surface area contributed by atoms with Crippen molar-refractivity contribution in [2.24, 2.45) is 0 Å². The van der Waals surface area contributed by atoms with Gasteiger partial charge in [-0.3, -0.25) is 9.59 Å². The van der Waals surface area contributed by atoms with Crippen molar-refractivity contribution < 1.29 is 14.3 Å². The largest absolute Gasteiger partial charge is 0.494 e. The fourth-order valence-corrected chi connectivity index (χ4v) is 3.32. The number of methoxy groups -OCH3 is 1. The third kappa shape index (κ3) is 4.08. The summed E-state index contributed by atoms with van der Waals surface area (Å²) in [6.45, 7) is 0.682. The lowest BCUT2D eigenvalue weighted by Gasteiger charge is -2.19. The van der Waals surface area contributed by atoms with Gasteiger partial charge < -0.3 is 15.0 Å². The third-order valence-electron chi connectivity index (χ3n) is 4.74. The van der Waals surface area contributed by atoms with Gasteiger partial charge >= 0.3 is 0 Å². The van der Waals surface area contributed by atoms with Gasteiger partial charge in [-0.2, -0.15) is 0 Å². The first kappa shape index (κ1) is 18.6. The smallest absolute Gasteiger partial charge is 0.228 e. The van der Waals surface area contributed by atoms with Crippen LogP contribution in [0.15, 0.2) is 48.8 Å². The lowest BCUT2D eigenvalue weighted by atomic mass is 10.1. The van der Waals surface area contributed by atoms with Crippen LogP contribution in [0.5, 0.6) is 5.75 Å². The highest BCUT2D eigenvalue weighted by Gasteiger charge is 2.24. The first-order valence-electron chi connectivity index (χ1n) is 9.24. The minimum atomic E-state index is -0.146. The number of rotatable bonds is 6. The van der Waals surface area contributed by atoms with Crippen LogP contribution >= 0.6 is 0 Å². The zero-order valence-corrected chi connectivity index (χ0v) is 15.9. The Morgan fingerprint density at radius 2 is 2.03 bits per heavy atom. The number of nitrogens with zero attached hydrogens (tertiary/aromatic N) is 5. The number of hydrogen-bond acceptors (Lipinski definition) is 6. The monoisotopic (exact) mass is 392 g/mol. The van der Waals surface area contributed by atoms with Crippen LogP contribution in [-0.4, -0.2) is 45.7 Å². The molecule has 0 unspecified atom stereocenters. The summed E-state index contributed by atoms with van der Waals surface area (Å²) >= 11 is 0. The quantitative estimate of drug-likeness (QED) is 0.688. The highest BCUT2D eigenvalue weighted by atomic mass is 16.5. The van der Waals surface area contributed by atoms with E-state index in [1.54, 1.807) is 34.9 Å². The average Bonchev–Trinajstić information content (AvgIpc) is 3.40. The Labute approximate surface area is 167 Å². The van der Waals surface area contributed by atoms with Crippen LogP contribution in [0.4, 0.5) is 11.4 Å². The highest BCUT2D eigenvalue weighted by Crippen LogP contribution is 2.33. The number of ether oxygens (including phenoxy) is 1. The number of hydrogen-bond donors (Lipinski definition) is 1. The van der Waals surface area contributed by atoms with Gasteiger partial charge in [-0.1, -0.05) is 12.1 Å². The second-order valence-electron chi connectivity index (χ2n) is 6.68. The van der Waals surface area contributed by atoms with Crippen molar-refractivity contribution in [2.45, 2.75) is 19.3 Å². The van der Waals surface area contributed by atoms with Gasteiger partial charge in [-0.05, 0) is 46.7 Å². The summed E-state index contributed by atoms with van der Waals surface area (Å²) in [5.74, 6) is 0.501. The van der Waals surface area contributed by atoms with E-state index in [-0.39, 0.29) is 18.2 Å². The fourth-order valence-electron chi connectivity index (χ4n) is 3.32. The van der Waals surface area contributed by atoms with Gasteiger partial charge in [0.2, 0.25) is 11.8 Å². The Morgan fingerprint density at radius 3 is 2.69 bits per heavy atom. The van der Waals surface area contributed by atoms with Gasteiger partial charge in [0.25, 0.3) is 0 Å². The van der Waals surface area contributed by atoms with Crippen molar-refractivity contribution in [2.75, 3.05) is 23.9 Å². The molecule has 1 aliphatic rings. The molecule has 0 spiro atoms. The number of aromatic nitrogens is 4. The molecular formula is C20H20N6O3. The maximum Gasteiger partial charge on any atom is 0.228 e. The van der Waals surface area contributed by atoms with E-state index in [4.69, 9.17) is 4.74 Å². The van der Waals surface area contributed by atoms with Crippen LogP contribution in [0.1, 0.15) is 18.4 Å². The molecule has 2 amide bonds. The van der Waals surface area contributed by atoms with Crippen LogP contribution in [-0.2, 0) is 16.0 Å². The zero-order valence-electron chi connectivity index (χ0n) is 15.9. The molecule has 0 radical (unpaired) electrons. The van der Waals surface area contributed by atoms with Gasteiger partial charge in [0.05, 0.1) is 24.9 Å². The minimum absolute atomic E-state index is 0.0882. The maximum atomic E-state index is 12.4. The standard InChI is InChI=1S/C20H20N6O3/c1-29-18-12-15(6-9-17(18)25-10-2-3-20(25)28)22-19(27)11-14-4-7-16(8-5-14)26-13-21-23-24-26/h4-9,12-13H,2-3,10-11H2,1H3,(H,22,27). The first-order valence-corrected chi connectivity index (χ1v) is 9.24. The Hall–Kier alpha value is -3.75. The van der Waals surface area contributed by atoms with E-state index in [0.29, 0.717) is 24.4 Å². The lowest BCUT2D eigenvalue weighted by molar-refractivity contribution is -0.117. The molecule has 2 aromatic carbocycles. The third-order valence-corrected chi connectivity index (χ3v) is 4.74. The van der Waals surface area contributed by atoms with Gasteiger partial charge in [-0.15, -0.1) is 5.10 Å². The van der Waals surface area contributed by atoms with Crippen molar-refractivity contribution in [3.8, 4) is 11.4 Å². The van der Waals surface area contributed by atoms with Gasteiger partial charge in [-0.25, -0.2) is 4.68 Å². The topological polar surface area (TPSA) is 102 Å².